The van der Waals surface area contributed by atoms with Gasteiger partial charge in [-0.15, -0.1) is 0 Å². The smallest absolute Gasteiger partial charge is 0.132 e. The number of ketones is 1. The van der Waals surface area contributed by atoms with Crippen LogP contribution in [0.1, 0.15) is 68.2 Å². The molecule has 20 heavy (non-hydrogen) atoms. The van der Waals surface area contributed by atoms with Gasteiger partial charge in [0.25, 0.3) is 0 Å². The van der Waals surface area contributed by atoms with Crippen LogP contribution in [0.25, 0.3) is 11.0 Å². The fourth-order valence-electron chi connectivity index (χ4n) is 3.45. The zero-order chi connectivity index (χ0) is 13.5. The Morgan fingerprint density at radius 2 is 1.85 bits per heavy atom. The molecule has 2 fully saturated rings. The normalized spacial score (nSPS) is 21.3. The second-order valence-electron chi connectivity index (χ2n) is 6.34. The molecule has 104 valence electrons. The molecule has 3 nitrogen and oxygen atoms in total. The Morgan fingerprint density at radius 3 is 2.55 bits per heavy atom. The number of aromatic nitrogens is 2. The second kappa shape index (κ2) is 4.72. The van der Waals surface area contributed by atoms with Crippen LogP contribution in [-0.2, 0) is 4.79 Å². The van der Waals surface area contributed by atoms with Crippen molar-refractivity contribution in [2.45, 2.75) is 56.8 Å². The highest BCUT2D eigenvalue weighted by atomic mass is 16.1. The van der Waals surface area contributed by atoms with Crippen LogP contribution >= 0.6 is 0 Å². The van der Waals surface area contributed by atoms with Gasteiger partial charge in [-0.3, -0.25) is 4.79 Å². The van der Waals surface area contributed by atoms with E-state index in [2.05, 4.69) is 23.2 Å². The quantitative estimate of drug-likeness (QED) is 0.892. The molecule has 1 aromatic heterocycles. The predicted molar refractivity (Wildman–Crippen MR) is 78.9 cm³/mol. The Kier molecular flexibility index (Phi) is 2.86. The van der Waals surface area contributed by atoms with Gasteiger partial charge in [0, 0.05) is 18.8 Å². The van der Waals surface area contributed by atoms with Crippen molar-refractivity contribution in [3.63, 3.8) is 0 Å². The van der Waals surface area contributed by atoms with Crippen molar-refractivity contribution >= 4 is 16.8 Å². The zero-order valence-electron chi connectivity index (χ0n) is 11.7. The Labute approximate surface area is 118 Å². The summed E-state index contributed by atoms with van der Waals surface area (Å²) >= 11 is 0. The molecular formula is C17H20N2O. The van der Waals surface area contributed by atoms with Crippen LogP contribution in [0.3, 0.4) is 0 Å². The molecule has 2 saturated carbocycles. The Bertz CT molecular complexity index is 644. The van der Waals surface area contributed by atoms with E-state index in [9.17, 15) is 4.79 Å². The maximum atomic E-state index is 11.4. The highest BCUT2D eigenvalue weighted by Crippen LogP contribution is 2.36. The van der Waals surface area contributed by atoms with E-state index >= 15 is 0 Å². The summed E-state index contributed by atoms with van der Waals surface area (Å²) in [7, 11) is 0. The van der Waals surface area contributed by atoms with Crippen molar-refractivity contribution in [3.8, 4) is 0 Å². The minimum Gasteiger partial charge on any atom is -0.342 e. The molecule has 1 heterocycles. The lowest BCUT2D eigenvalue weighted by molar-refractivity contribution is -0.120. The number of Topliss-reactive ketones (excluding diaryl/α,β-unsaturated/α-hetero) is 1. The van der Waals surface area contributed by atoms with Gasteiger partial charge in [-0.2, -0.15) is 0 Å². The molecule has 0 saturated heterocycles. The molecule has 0 radical (unpaired) electrons. The van der Waals surface area contributed by atoms with Gasteiger partial charge in [-0.25, -0.2) is 4.98 Å². The van der Waals surface area contributed by atoms with Crippen LogP contribution in [0.2, 0.25) is 0 Å². The number of nitrogens with zero attached hydrogens (tertiary/aromatic N) is 1. The van der Waals surface area contributed by atoms with Gasteiger partial charge in [-0.1, -0.05) is 12.5 Å². The van der Waals surface area contributed by atoms with E-state index in [0.717, 1.165) is 31.2 Å². The SMILES string of the molecule is O=C1CCC(c2ccc3nc(C4CCC4)[nH]c3c2)CC1. The third-order valence-electron chi connectivity index (χ3n) is 5.03. The molecule has 1 aromatic carbocycles. The highest BCUT2D eigenvalue weighted by Gasteiger charge is 2.24. The lowest BCUT2D eigenvalue weighted by Crippen LogP contribution is -2.12. The van der Waals surface area contributed by atoms with Crippen molar-refractivity contribution in [1.29, 1.82) is 0 Å². The average molecular weight is 268 g/mol. The number of fused-ring (bicyclic) bond motifs is 1. The fraction of sp³-hybridized carbons (Fsp3) is 0.529. The first kappa shape index (κ1) is 12.1. The van der Waals surface area contributed by atoms with Gasteiger partial charge in [0.15, 0.2) is 0 Å². The maximum Gasteiger partial charge on any atom is 0.132 e. The highest BCUT2D eigenvalue weighted by molar-refractivity contribution is 5.80. The van der Waals surface area contributed by atoms with Gasteiger partial charge >= 0.3 is 0 Å². The molecule has 0 unspecified atom stereocenters. The van der Waals surface area contributed by atoms with Crippen LogP contribution < -0.4 is 0 Å². The van der Waals surface area contributed by atoms with Crippen LogP contribution in [-0.4, -0.2) is 15.8 Å². The first-order valence-corrected chi connectivity index (χ1v) is 7.81. The molecule has 0 aliphatic heterocycles. The van der Waals surface area contributed by atoms with E-state index < -0.39 is 0 Å². The number of hydrogen-bond donors (Lipinski definition) is 1. The van der Waals surface area contributed by atoms with E-state index in [0.29, 0.717) is 17.6 Å². The molecule has 3 heteroatoms. The molecule has 2 aromatic rings. The second-order valence-corrected chi connectivity index (χ2v) is 6.34. The Hall–Kier alpha value is -1.64. The van der Waals surface area contributed by atoms with E-state index in [1.807, 2.05) is 0 Å². The fourth-order valence-corrected chi connectivity index (χ4v) is 3.45. The van der Waals surface area contributed by atoms with E-state index in [4.69, 9.17) is 4.98 Å². The molecule has 0 spiro atoms. The number of aromatic amines is 1. The topological polar surface area (TPSA) is 45.8 Å². The van der Waals surface area contributed by atoms with Crippen molar-refractivity contribution < 1.29 is 4.79 Å². The van der Waals surface area contributed by atoms with Crippen LogP contribution in [0.5, 0.6) is 0 Å². The van der Waals surface area contributed by atoms with Gasteiger partial charge < -0.3 is 4.98 Å². The number of hydrogen-bond acceptors (Lipinski definition) is 2. The summed E-state index contributed by atoms with van der Waals surface area (Å²) in [5.74, 6) is 2.80. The molecule has 2 aliphatic carbocycles. The predicted octanol–water partition coefficient (Wildman–Crippen LogP) is 4.06. The summed E-state index contributed by atoms with van der Waals surface area (Å²) in [4.78, 5) is 19.6. The Balaban J connectivity index is 1.62. The zero-order valence-corrected chi connectivity index (χ0v) is 11.7. The van der Waals surface area contributed by atoms with Gasteiger partial charge in [0.1, 0.15) is 11.6 Å². The van der Waals surface area contributed by atoms with E-state index in [-0.39, 0.29) is 0 Å². The van der Waals surface area contributed by atoms with E-state index in [1.54, 1.807) is 0 Å². The molecule has 0 atom stereocenters. The molecule has 2 aliphatic rings. The number of nitrogens with one attached hydrogen (secondary N) is 1. The lowest BCUT2D eigenvalue weighted by atomic mass is 9.83. The van der Waals surface area contributed by atoms with Gasteiger partial charge in [0.2, 0.25) is 0 Å². The molecule has 0 bridgehead atoms. The number of benzene rings is 1. The van der Waals surface area contributed by atoms with Crippen LogP contribution in [0.15, 0.2) is 18.2 Å². The maximum absolute atomic E-state index is 11.4. The standard InChI is InChI=1S/C17H20N2O/c20-14-7-4-11(5-8-14)13-6-9-15-16(10-13)19-17(18-15)12-2-1-3-12/h6,9-12H,1-5,7-8H2,(H,18,19). The first-order valence-electron chi connectivity index (χ1n) is 7.81. The summed E-state index contributed by atoms with van der Waals surface area (Å²) in [5.41, 5.74) is 3.62. The monoisotopic (exact) mass is 268 g/mol. The largest absolute Gasteiger partial charge is 0.342 e. The van der Waals surface area contributed by atoms with Gasteiger partial charge in [-0.05, 0) is 49.3 Å². The summed E-state index contributed by atoms with van der Waals surface area (Å²) in [5, 5.41) is 0. The number of rotatable bonds is 2. The molecule has 0 amide bonds. The minimum atomic E-state index is 0.427. The van der Waals surface area contributed by atoms with Gasteiger partial charge in [0.05, 0.1) is 11.0 Å². The summed E-state index contributed by atoms with van der Waals surface area (Å²) in [6, 6.07) is 6.60. The van der Waals surface area contributed by atoms with E-state index in [1.165, 1.54) is 36.2 Å². The first-order chi connectivity index (χ1) is 9.79. The summed E-state index contributed by atoms with van der Waals surface area (Å²) in [6.07, 6.45) is 7.40. The summed E-state index contributed by atoms with van der Waals surface area (Å²) in [6.45, 7) is 0. The average Bonchev–Trinajstić information content (AvgIpc) is 2.79. The summed E-state index contributed by atoms with van der Waals surface area (Å²) < 4.78 is 0. The molecule has 1 N–H and O–H groups in total. The third-order valence-corrected chi connectivity index (χ3v) is 5.03. The molecule has 4 rings (SSSR count). The minimum absolute atomic E-state index is 0.427. The molecular weight excluding hydrogens is 248 g/mol. The lowest BCUT2D eigenvalue weighted by Gasteiger charge is -2.22. The van der Waals surface area contributed by atoms with Crippen molar-refractivity contribution in [1.82, 2.24) is 9.97 Å². The number of carbonyl (C=O) groups excluding carboxylic acids is 1. The van der Waals surface area contributed by atoms with Crippen LogP contribution in [0.4, 0.5) is 0 Å². The Morgan fingerprint density at radius 1 is 1.05 bits per heavy atom. The van der Waals surface area contributed by atoms with Crippen LogP contribution in [0, 0.1) is 0 Å². The van der Waals surface area contributed by atoms with Crippen molar-refractivity contribution in [2.24, 2.45) is 0 Å². The van der Waals surface area contributed by atoms with Crippen molar-refractivity contribution in [3.05, 3.63) is 29.6 Å². The third kappa shape index (κ3) is 2.05. The van der Waals surface area contributed by atoms with Crippen molar-refractivity contribution in [2.75, 3.05) is 0 Å². The number of H-pyrrole nitrogens is 1. The number of carbonyl (C=O) groups is 1. The number of imidazole rings is 1.